The van der Waals surface area contributed by atoms with Gasteiger partial charge in [0.2, 0.25) is 0 Å². The van der Waals surface area contributed by atoms with Crippen LogP contribution in [0.4, 0.5) is 5.69 Å². The van der Waals surface area contributed by atoms with Crippen molar-refractivity contribution in [3.8, 4) is 5.75 Å². The van der Waals surface area contributed by atoms with E-state index in [1.165, 1.54) is 0 Å². The Balaban J connectivity index is 1.73. The summed E-state index contributed by atoms with van der Waals surface area (Å²) in [6.45, 7) is 5.38. The molecule has 32 heavy (non-hydrogen) atoms. The fourth-order valence-corrected chi connectivity index (χ4v) is 3.45. The lowest BCUT2D eigenvalue weighted by molar-refractivity contribution is -0.149. The van der Waals surface area contributed by atoms with Crippen LogP contribution in [0, 0.1) is 0 Å². The minimum absolute atomic E-state index is 0.203. The molecule has 3 rings (SSSR count). The zero-order valence-electron chi connectivity index (χ0n) is 18.6. The minimum atomic E-state index is -0.512. The number of hydrogen-bond donors (Lipinski definition) is 2. The van der Waals surface area contributed by atoms with Crippen molar-refractivity contribution in [2.24, 2.45) is 0 Å². The standard InChI is InChI=1S/C26H29NO5/c1-4-7-24(28)19-12-13-22-18(14-19)8-5-11-23(22)26(30)27-20-9-6-10-21(15-20)31-16-25(29)32-17(2)3/h5-6,8-15,17,24,28H,4,7,16H2,1-3H3,(H,27,30). The number of esters is 1. The van der Waals surface area contributed by atoms with E-state index in [2.05, 4.69) is 5.32 Å². The van der Waals surface area contributed by atoms with Crippen molar-refractivity contribution in [2.45, 2.75) is 45.8 Å². The largest absolute Gasteiger partial charge is 0.482 e. The molecule has 0 spiro atoms. The van der Waals surface area contributed by atoms with Gasteiger partial charge in [-0.1, -0.05) is 43.7 Å². The fraction of sp³-hybridized carbons (Fsp3) is 0.308. The molecule has 0 aliphatic rings. The third kappa shape index (κ3) is 6.08. The van der Waals surface area contributed by atoms with Crippen LogP contribution in [0.2, 0.25) is 0 Å². The van der Waals surface area contributed by atoms with Crippen molar-refractivity contribution in [1.29, 1.82) is 0 Å². The number of carbonyl (C=O) groups is 2. The van der Waals surface area contributed by atoms with E-state index in [1.54, 1.807) is 44.2 Å². The molecule has 0 radical (unpaired) electrons. The van der Waals surface area contributed by atoms with Gasteiger partial charge in [-0.05, 0) is 60.9 Å². The van der Waals surface area contributed by atoms with Crippen LogP contribution in [0.5, 0.6) is 5.75 Å². The third-order valence-corrected chi connectivity index (χ3v) is 4.91. The molecule has 0 aliphatic heterocycles. The number of ether oxygens (including phenoxy) is 2. The zero-order valence-corrected chi connectivity index (χ0v) is 18.6. The van der Waals surface area contributed by atoms with Gasteiger partial charge in [0.15, 0.2) is 6.61 Å². The summed E-state index contributed by atoms with van der Waals surface area (Å²) in [6, 6.07) is 18.0. The van der Waals surface area contributed by atoms with Gasteiger partial charge in [0.25, 0.3) is 5.91 Å². The predicted molar refractivity (Wildman–Crippen MR) is 125 cm³/mol. The second-order valence-corrected chi connectivity index (χ2v) is 7.90. The first-order valence-electron chi connectivity index (χ1n) is 10.8. The number of rotatable bonds is 9. The molecule has 0 saturated carbocycles. The summed E-state index contributed by atoms with van der Waals surface area (Å²) in [5.41, 5.74) is 1.93. The van der Waals surface area contributed by atoms with Gasteiger partial charge in [0, 0.05) is 17.3 Å². The Labute approximate surface area is 188 Å². The lowest BCUT2D eigenvalue weighted by atomic mass is 9.98. The first kappa shape index (κ1) is 23.3. The smallest absolute Gasteiger partial charge is 0.344 e. The van der Waals surface area contributed by atoms with E-state index in [9.17, 15) is 14.7 Å². The van der Waals surface area contributed by atoms with Crippen LogP contribution in [0.25, 0.3) is 10.8 Å². The molecule has 3 aromatic carbocycles. The molecule has 1 amide bonds. The highest BCUT2D eigenvalue weighted by Gasteiger charge is 2.13. The summed E-state index contributed by atoms with van der Waals surface area (Å²) < 4.78 is 10.5. The van der Waals surface area contributed by atoms with Crippen LogP contribution in [0.15, 0.2) is 60.7 Å². The normalized spacial score (nSPS) is 11.9. The van der Waals surface area contributed by atoms with Crippen LogP contribution in [0.1, 0.15) is 55.6 Å². The van der Waals surface area contributed by atoms with Gasteiger partial charge in [-0.3, -0.25) is 4.79 Å². The highest BCUT2D eigenvalue weighted by molar-refractivity contribution is 6.13. The molecule has 0 bridgehead atoms. The second kappa shape index (κ2) is 10.8. The van der Waals surface area contributed by atoms with Gasteiger partial charge >= 0.3 is 5.97 Å². The molecule has 1 atom stereocenters. The number of amides is 1. The Morgan fingerprint density at radius 3 is 2.56 bits per heavy atom. The maximum absolute atomic E-state index is 13.0. The highest BCUT2D eigenvalue weighted by atomic mass is 16.6. The molecular weight excluding hydrogens is 406 g/mol. The highest BCUT2D eigenvalue weighted by Crippen LogP contribution is 2.26. The predicted octanol–water partition coefficient (Wildman–Crippen LogP) is 5.26. The molecule has 0 heterocycles. The van der Waals surface area contributed by atoms with E-state index >= 15 is 0 Å². The summed E-state index contributed by atoms with van der Waals surface area (Å²) in [4.78, 5) is 24.6. The lowest BCUT2D eigenvalue weighted by Gasteiger charge is -2.13. The molecule has 0 aromatic heterocycles. The van der Waals surface area contributed by atoms with Crippen molar-refractivity contribution >= 4 is 28.3 Å². The first-order chi connectivity index (χ1) is 15.4. The number of benzene rings is 3. The topological polar surface area (TPSA) is 84.9 Å². The van der Waals surface area contributed by atoms with Crippen LogP contribution in [0.3, 0.4) is 0 Å². The number of hydrogen-bond acceptors (Lipinski definition) is 5. The number of fused-ring (bicyclic) bond motifs is 1. The van der Waals surface area contributed by atoms with E-state index < -0.39 is 12.1 Å². The lowest BCUT2D eigenvalue weighted by Crippen LogP contribution is -2.18. The van der Waals surface area contributed by atoms with E-state index in [0.717, 1.165) is 22.8 Å². The Morgan fingerprint density at radius 1 is 1.03 bits per heavy atom. The molecule has 1 unspecified atom stereocenters. The Morgan fingerprint density at radius 2 is 1.81 bits per heavy atom. The van der Waals surface area contributed by atoms with E-state index in [0.29, 0.717) is 23.4 Å². The number of carbonyl (C=O) groups excluding carboxylic acids is 2. The first-order valence-corrected chi connectivity index (χ1v) is 10.8. The molecule has 2 N–H and O–H groups in total. The average molecular weight is 436 g/mol. The van der Waals surface area contributed by atoms with Crippen molar-refractivity contribution in [3.63, 3.8) is 0 Å². The number of aliphatic hydroxyl groups is 1. The summed E-state index contributed by atoms with van der Waals surface area (Å²) in [7, 11) is 0. The Kier molecular flexibility index (Phi) is 7.84. The fourth-order valence-electron chi connectivity index (χ4n) is 3.45. The third-order valence-electron chi connectivity index (χ3n) is 4.91. The number of aliphatic hydroxyl groups excluding tert-OH is 1. The SMILES string of the molecule is CCCC(O)c1ccc2c(C(=O)Nc3cccc(OCC(=O)OC(C)C)c3)cccc2c1. The van der Waals surface area contributed by atoms with E-state index in [-0.39, 0.29) is 18.6 Å². The van der Waals surface area contributed by atoms with Gasteiger partial charge in [0.05, 0.1) is 12.2 Å². The zero-order chi connectivity index (χ0) is 23.1. The van der Waals surface area contributed by atoms with Crippen molar-refractivity contribution < 1.29 is 24.2 Å². The minimum Gasteiger partial charge on any atom is -0.482 e. The molecule has 0 aliphatic carbocycles. The summed E-state index contributed by atoms with van der Waals surface area (Å²) in [5, 5.41) is 14.9. The van der Waals surface area contributed by atoms with Gasteiger partial charge in [-0.2, -0.15) is 0 Å². The van der Waals surface area contributed by atoms with Crippen molar-refractivity contribution in [2.75, 3.05) is 11.9 Å². The molecule has 3 aromatic rings. The quantitative estimate of drug-likeness (QED) is 0.448. The molecule has 0 saturated heterocycles. The van der Waals surface area contributed by atoms with Crippen molar-refractivity contribution in [1.82, 2.24) is 0 Å². The maximum Gasteiger partial charge on any atom is 0.344 e. The Bertz CT molecular complexity index is 1090. The second-order valence-electron chi connectivity index (χ2n) is 7.90. The maximum atomic E-state index is 13.0. The summed E-state index contributed by atoms with van der Waals surface area (Å²) in [5.74, 6) is -0.251. The van der Waals surface area contributed by atoms with Gasteiger partial charge in [0.1, 0.15) is 5.75 Å². The molecule has 0 fully saturated rings. The number of nitrogens with one attached hydrogen (secondary N) is 1. The van der Waals surface area contributed by atoms with Crippen LogP contribution in [-0.2, 0) is 9.53 Å². The van der Waals surface area contributed by atoms with Gasteiger partial charge in [-0.15, -0.1) is 0 Å². The molecular formula is C26H29NO5. The van der Waals surface area contributed by atoms with E-state index in [4.69, 9.17) is 9.47 Å². The Hall–Kier alpha value is -3.38. The van der Waals surface area contributed by atoms with Crippen molar-refractivity contribution in [3.05, 3.63) is 71.8 Å². The van der Waals surface area contributed by atoms with Gasteiger partial charge < -0.3 is 19.9 Å². The summed E-state index contributed by atoms with van der Waals surface area (Å²) in [6.07, 6.45) is 0.869. The van der Waals surface area contributed by atoms with E-state index in [1.807, 2.05) is 37.3 Å². The van der Waals surface area contributed by atoms with Gasteiger partial charge in [-0.25, -0.2) is 4.79 Å². The molecule has 168 valence electrons. The monoisotopic (exact) mass is 435 g/mol. The molecule has 6 heteroatoms. The van der Waals surface area contributed by atoms with Crippen LogP contribution < -0.4 is 10.1 Å². The van der Waals surface area contributed by atoms with Crippen LogP contribution >= 0.6 is 0 Å². The van der Waals surface area contributed by atoms with Crippen LogP contribution in [-0.4, -0.2) is 29.7 Å². The summed E-state index contributed by atoms with van der Waals surface area (Å²) >= 11 is 0. The molecule has 6 nitrogen and oxygen atoms in total. The number of anilines is 1. The average Bonchev–Trinajstić information content (AvgIpc) is 2.77.